The minimum Gasteiger partial charge on any atom is -0.479 e. The molecule has 0 saturated carbocycles. The summed E-state index contributed by atoms with van der Waals surface area (Å²) in [5.74, 6) is -2.48. The van der Waals surface area contributed by atoms with Crippen LogP contribution in [0.4, 0.5) is 4.39 Å². The topological polar surface area (TPSA) is 74.6 Å². The second-order valence-electron chi connectivity index (χ2n) is 3.40. The van der Waals surface area contributed by atoms with Gasteiger partial charge < -0.3 is 10.2 Å². The minimum absolute atomic E-state index is 0.0456. The monoisotopic (exact) mass is 304 g/mol. The van der Waals surface area contributed by atoms with Crippen molar-refractivity contribution in [1.29, 1.82) is 0 Å². The zero-order valence-corrected chi connectivity index (χ0v) is 10.3. The van der Waals surface area contributed by atoms with Crippen LogP contribution < -0.4 is 0 Å². The number of aliphatic hydroxyl groups excluding tert-OH is 1. The molecule has 0 saturated heterocycles. The lowest BCUT2D eigenvalue weighted by molar-refractivity contribution is -0.147. The molecular formula is C11H10BrFO4. The molecule has 0 fully saturated rings. The van der Waals surface area contributed by atoms with Crippen molar-refractivity contribution in [2.75, 3.05) is 5.33 Å². The lowest BCUT2D eigenvalue weighted by Crippen LogP contribution is -2.16. The summed E-state index contributed by atoms with van der Waals surface area (Å²) in [7, 11) is 0. The molecule has 2 N–H and O–H groups in total. The predicted molar refractivity (Wildman–Crippen MR) is 61.5 cm³/mol. The van der Waals surface area contributed by atoms with E-state index < -0.39 is 17.9 Å². The van der Waals surface area contributed by atoms with Gasteiger partial charge in [0, 0.05) is 12.0 Å². The molecule has 0 aliphatic rings. The largest absolute Gasteiger partial charge is 0.479 e. The number of Topliss-reactive ketones (excluding diaryl/α,β-unsaturated/α-hetero) is 1. The van der Waals surface area contributed by atoms with Crippen LogP contribution in [0.3, 0.4) is 0 Å². The molecule has 0 heterocycles. The van der Waals surface area contributed by atoms with E-state index in [1.807, 2.05) is 0 Å². The number of aliphatic carboxylic acids is 1. The second kappa shape index (κ2) is 5.88. The van der Waals surface area contributed by atoms with E-state index in [2.05, 4.69) is 15.9 Å². The Morgan fingerprint density at radius 3 is 2.59 bits per heavy atom. The Morgan fingerprint density at radius 2 is 2.06 bits per heavy atom. The van der Waals surface area contributed by atoms with Gasteiger partial charge in [-0.2, -0.15) is 0 Å². The highest BCUT2D eigenvalue weighted by Crippen LogP contribution is 2.22. The molecule has 0 aromatic heterocycles. The number of ketones is 1. The van der Waals surface area contributed by atoms with Crippen LogP contribution in [0.25, 0.3) is 0 Å². The highest BCUT2D eigenvalue weighted by atomic mass is 79.9. The lowest BCUT2D eigenvalue weighted by Gasteiger charge is -2.12. The summed E-state index contributed by atoms with van der Waals surface area (Å²) >= 11 is 2.94. The zero-order valence-electron chi connectivity index (χ0n) is 8.69. The van der Waals surface area contributed by atoms with Gasteiger partial charge in [0.25, 0.3) is 0 Å². The third kappa shape index (κ3) is 3.34. The highest BCUT2D eigenvalue weighted by molar-refractivity contribution is 9.09. The summed E-state index contributed by atoms with van der Waals surface area (Å²) in [6.45, 7) is 0. The molecule has 1 aromatic carbocycles. The Hall–Kier alpha value is -1.27. The van der Waals surface area contributed by atoms with Crippen LogP contribution in [0, 0.1) is 5.82 Å². The van der Waals surface area contributed by atoms with Gasteiger partial charge >= 0.3 is 5.97 Å². The molecular weight excluding hydrogens is 295 g/mol. The van der Waals surface area contributed by atoms with Crippen molar-refractivity contribution >= 4 is 27.7 Å². The van der Waals surface area contributed by atoms with Crippen LogP contribution in [0.1, 0.15) is 17.2 Å². The molecule has 1 atom stereocenters. The summed E-state index contributed by atoms with van der Waals surface area (Å²) in [6.07, 6.45) is -2.08. The van der Waals surface area contributed by atoms with Gasteiger partial charge in [0.2, 0.25) is 0 Å². The maximum absolute atomic E-state index is 13.5. The predicted octanol–water partition coefficient (Wildman–Crippen LogP) is 1.45. The van der Waals surface area contributed by atoms with E-state index in [1.54, 1.807) is 0 Å². The van der Waals surface area contributed by atoms with E-state index in [4.69, 9.17) is 5.11 Å². The highest BCUT2D eigenvalue weighted by Gasteiger charge is 2.22. The number of carboxylic acid groups (broad SMARTS) is 1. The maximum atomic E-state index is 13.5. The SMILES string of the molecule is O=C(CBr)Cc1c(F)cccc1C(O)C(=O)O. The Labute approximate surface area is 105 Å². The first-order valence-electron chi connectivity index (χ1n) is 4.73. The van der Waals surface area contributed by atoms with Crippen LogP contribution in [0.5, 0.6) is 0 Å². The van der Waals surface area contributed by atoms with Crippen molar-refractivity contribution in [3.05, 3.63) is 35.1 Å². The molecule has 6 heteroatoms. The van der Waals surface area contributed by atoms with Gasteiger partial charge in [-0.05, 0) is 11.6 Å². The van der Waals surface area contributed by atoms with E-state index >= 15 is 0 Å². The van der Waals surface area contributed by atoms with Crippen molar-refractivity contribution in [2.24, 2.45) is 0 Å². The standard InChI is InChI=1S/C11H10BrFO4/c12-5-6(14)4-8-7(10(15)11(16)17)2-1-3-9(8)13/h1-3,10,15H,4-5H2,(H,16,17). The van der Waals surface area contributed by atoms with Crippen molar-refractivity contribution in [1.82, 2.24) is 0 Å². The fourth-order valence-corrected chi connectivity index (χ4v) is 1.59. The molecule has 17 heavy (non-hydrogen) atoms. The molecule has 0 aliphatic heterocycles. The smallest absolute Gasteiger partial charge is 0.337 e. The van der Waals surface area contributed by atoms with Gasteiger partial charge in [0.1, 0.15) is 11.6 Å². The minimum atomic E-state index is -1.83. The quantitative estimate of drug-likeness (QED) is 0.808. The number of aliphatic hydroxyl groups is 1. The van der Waals surface area contributed by atoms with Crippen molar-refractivity contribution in [2.45, 2.75) is 12.5 Å². The number of benzene rings is 1. The number of carbonyl (C=O) groups excluding carboxylic acids is 1. The van der Waals surface area contributed by atoms with Crippen molar-refractivity contribution < 1.29 is 24.2 Å². The van der Waals surface area contributed by atoms with E-state index in [0.717, 1.165) is 6.07 Å². The van der Waals surface area contributed by atoms with Crippen molar-refractivity contribution in [3.63, 3.8) is 0 Å². The Kier molecular flexibility index (Phi) is 4.77. The average Bonchev–Trinajstić information content (AvgIpc) is 2.30. The molecule has 92 valence electrons. The van der Waals surface area contributed by atoms with Gasteiger partial charge in [0.05, 0.1) is 5.33 Å². The summed E-state index contributed by atoms with van der Waals surface area (Å²) < 4.78 is 13.5. The number of hydrogen-bond donors (Lipinski definition) is 2. The number of carboxylic acids is 1. The van der Waals surface area contributed by atoms with E-state index in [9.17, 15) is 19.1 Å². The number of hydrogen-bond acceptors (Lipinski definition) is 3. The molecule has 0 spiro atoms. The average molecular weight is 305 g/mol. The second-order valence-corrected chi connectivity index (χ2v) is 3.96. The van der Waals surface area contributed by atoms with Gasteiger partial charge in [-0.15, -0.1) is 0 Å². The number of alkyl halides is 1. The fraction of sp³-hybridized carbons (Fsp3) is 0.273. The molecule has 1 aromatic rings. The number of carbonyl (C=O) groups is 2. The molecule has 1 rings (SSSR count). The molecule has 0 aliphatic carbocycles. The normalized spacial score (nSPS) is 12.2. The Morgan fingerprint density at radius 1 is 1.41 bits per heavy atom. The summed E-state index contributed by atoms with van der Waals surface area (Å²) in [5.41, 5.74) is -0.168. The first kappa shape index (κ1) is 13.8. The molecule has 0 bridgehead atoms. The Balaban J connectivity index is 3.17. The summed E-state index contributed by atoms with van der Waals surface area (Å²) in [6, 6.07) is 3.70. The first-order chi connectivity index (χ1) is 7.97. The van der Waals surface area contributed by atoms with Crippen LogP contribution >= 0.6 is 15.9 Å². The molecule has 0 amide bonds. The molecule has 4 nitrogen and oxygen atoms in total. The van der Waals surface area contributed by atoms with Crippen LogP contribution in [0.2, 0.25) is 0 Å². The Bertz CT molecular complexity index is 447. The van der Waals surface area contributed by atoms with Gasteiger partial charge in [0.15, 0.2) is 6.10 Å². The number of rotatable bonds is 5. The van der Waals surface area contributed by atoms with Gasteiger partial charge in [-0.3, -0.25) is 4.79 Å². The van der Waals surface area contributed by atoms with E-state index in [-0.39, 0.29) is 28.7 Å². The van der Waals surface area contributed by atoms with Gasteiger partial charge in [-0.25, -0.2) is 9.18 Å². The fourth-order valence-electron chi connectivity index (χ4n) is 1.40. The lowest BCUT2D eigenvalue weighted by atomic mass is 9.98. The number of halogens is 2. The van der Waals surface area contributed by atoms with Gasteiger partial charge in [-0.1, -0.05) is 28.1 Å². The molecule has 0 radical (unpaired) electrons. The molecule has 1 unspecified atom stereocenters. The third-order valence-electron chi connectivity index (χ3n) is 2.21. The van der Waals surface area contributed by atoms with Crippen molar-refractivity contribution in [3.8, 4) is 0 Å². The first-order valence-corrected chi connectivity index (χ1v) is 5.85. The van der Waals surface area contributed by atoms with Crippen LogP contribution in [-0.2, 0) is 16.0 Å². The third-order valence-corrected chi connectivity index (χ3v) is 2.83. The van der Waals surface area contributed by atoms with E-state index in [0.29, 0.717) is 0 Å². The van der Waals surface area contributed by atoms with Crippen LogP contribution in [-0.4, -0.2) is 27.3 Å². The summed E-state index contributed by atoms with van der Waals surface area (Å²) in [4.78, 5) is 21.9. The van der Waals surface area contributed by atoms with E-state index in [1.165, 1.54) is 12.1 Å². The summed E-state index contributed by atoms with van der Waals surface area (Å²) in [5, 5.41) is 18.1. The zero-order chi connectivity index (χ0) is 13.0. The van der Waals surface area contributed by atoms with Crippen LogP contribution in [0.15, 0.2) is 18.2 Å². The maximum Gasteiger partial charge on any atom is 0.337 e.